The van der Waals surface area contributed by atoms with Crippen LogP contribution < -0.4 is 5.32 Å². The predicted octanol–water partition coefficient (Wildman–Crippen LogP) is 2.18. The highest BCUT2D eigenvalue weighted by atomic mass is 16.4. The monoisotopic (exact) mass is 253 g/mol. The van der Waals surface area contributed by atoms with Crippen LogP contribution >= 0.6 is 0 Å². The summed E-state index contributed by atoms with van der Waals surface area (Å²) >= 11 is 0. The molecule has 2 saturated carbocycles. The number of amides is 1. The number of aliphatic carboxylic acids is 1. The van der Waals surface area contributed by atoms with Crippen LogP contribution in [0.2, 0.25) is 0 Å². The van der Waals surface area contributed by atoms with Gasteiger partial charge in [-0.3, -0.25) is 9.59 Å². The highest BCUT2D eigenvalue weighted by Gasteiger charge is 2.39. The Morgan fingerprint density at radius 2 is 1.78 bits per heavy atom. The quantitative estimate of drug-likeness (QED) is 0.789. The lowest BCUT2D eigenvalue weighted by Crippen LogP contribution is -2.36. The summed E-state index contributed by atoms with van der Waals surface area (Å²) in [6.45, 7) is 2.17. The summed E-state index contributed by atoms with van der Waals surface area (Å²) in [5.41, 5.74) is 0. The minimum absolute atomic E-state index is 0.0449. The van der Waals surface area contributed by atoms with Crippen LogP contribution in [0.3, 0.4) is 0 Å². The maximum atomic E-state index is 12.0. The van der Waals surface area contributed by atoms with Crippen LogP contribution in [0.4, 0.5) is 0 Å². The molecule has 0 radical (unpaired) electrons. The summed E-state index contributed by atoms with van der Waals surface area (Å²) < 4.78 is 0. The number of nitrogens with one attached hydrogen (secondary N) is 1. The molecule has 18 heavy (non-hydrogen) atoms. The molecule has 0 saturated heterocycles. The first-order valence-corrected chi connectivity index (χ1v) is 7.15. The average Bonchev–Trinajstić information content (AvgIpc) is 3.08. The van der Waals surface area contributed by atoms with Gasteiger partial charge in [-0.05, 0) is 44.4 Å². The van der Waals surface area contributed by atoms with Crippen molar-refractivity contribution in [3.8, 4) is 0 Å². The van der Waals surface area contributed by atoms with Gasteiger partial charge in [0.1, 0.15) is 0 Å². The van der Waals surface area contributed by atoms with E-state index in [9.17, 15) is 9.59 Å². The van der Waals surface area contributed by atoms with Gasteiger partial charge in [0.2, 0.25) is 5.91 Å². The first-order chi connectivity index (χ1) is 8.61. The fourth-order valence-corrected chi connectivity index (χ4v) is 3.02. The van der Waals surface area contributed by atoms with Crippen molar-refractivity contribution >= 4 is 11.9 Å². The van der Waals surface area contributed by atoms with Gasteiger partial charge < -0.3 is 10.4 Å². The van der Waals surface area contributed by atoms with Crippen molar-refractivity contribution in [2.75, 3.05) is 0 Å². The molecule has 4 nitrogen and oxygen atoms in total. The van der Waals surface area contributed by atoms with Gasteiger partial charge in [0, 0.05) is 12.0 Å². The van der Waals surface area contributed by atoms with E-state index >= 15 is 0 Å². The molecule has 2 rings (SSSR count). The number of carboxylic acids is 1. The second kappa shape index (κ2) is 5.72. The molecule has 102 valence electrons. The molecule has 0 bridgehead atoms. The zero-order valence-corrected chi connectivity index (χ0v) is 11.0. The third-order valence-electron chi connectivity index (χ3n) is 4.36. The van der Waals surface area contributed by atoms with Crippen LogP contribution in [0.1, 0.15) is 51.9 Å². The largest absolute Gasteiger partial charge is 0.481 e. The second-order valence-electron chi connectivity index (χ2n) is 5.79. The zero-order chi connectivity index (χ0) is 13.1. The number of carbonyl (C=O) groups excluding carboxylic acids is 1. The molecular weight excluding hydrogens is 230 g/mol. The average molecular weight is 253 g/mol. The van der Waals surface area contributed by atoms with Crippen molar-refractivity contribution in [2.24, 2.45) is 17.8 Å². The third-order valence-corrected chi connectivity index (χ3v) is 4.36. The van der Waals surface area contributed by atoms with Crippen molar-refractivity contribution in [3.63, 3.8) is 0 Å². The van der Waals surface area contributed by atoms with Crippen LogP contribution in [-0.2, 0) is 9.59 Å². The summed E-state index contributed by atoms with van der Waals surface area (Å²) in [5.74, 6) is -0.0536. The lowest BCUT2D eigenvalue weighted by atomic mass is 9.81. The standard InChI is InChI=1S/C14H23NO3/c1-2-3-11-8-12(11)15-13(16)9-4-6-10(7-5-9)14(17)18/h9-12H,2-8H2,1H3,(H,15,16)(H,17,18). The number of carboxylic acid groups (broad SMARTS) is 1. The van der Waals surface area contributed by atoms with Crippen molar-refractivity contribution in [2.45, 2.75) is 57.9 Å². The molecule has 0 aliphatic heterocycles. The van der Waals surface area contributed by atoms with Gasteiger partial charge in [0.15, 0.2) is 0 Å². The molecular formula is C14H23NO3. The molecule has 1 amide bonds. The van der Waals surface area contributed by atoms with Crippen LogP contribution in [-0.4, -0.2) is 23.0 Å². The second-order valence-corrected chi connectivity index (χ2v) is 5.79. The Bertz CT molecular complexity index is 321. The molecule has 0 aromatic carbocycles. The summed E-state index contributed by atoms with van der Waals surface area (Å²) in [6.07, 6.45) is 6.27. The molecule has 2 unspecified atom stereocenters. The van der Waals surface area contributed by atoms with E-state index in [4.69, 9.17) is 5.11 Å². The molecule has 2 N–H and O–H groups in total. The minimum atomic E-state index is -0.709. The van der Waals surface area contributed by atoms with Crippen LogP contribution in [0.5, 0.6) is 0 Å². The number of rotatable bonds is 5. The van der Waals surface area contributed by atoms with Gasteiger partial charge in [0.25, 0.3) is 0 Å². The summed E-state index contributed by atoms with van der Waals surface area (Å²) in [5, 5.41) is 12.0. The van der Waals surface area contributed by atoms with E-state index in [1.807, 2.05) is 0 Å². The molecule has 2 aliphatic carbocycles. The Hall–Kier alpha value is -1.06. The van der Waals surface area contributed by atoms with Crippen molar-refractivity contribution in [3.05, 3.63) is 0 Å². The maximum Gasteiger partial charge on any atom is 0.306 e. The summed E-state index contributed by atoms with van der Waals surface area (Å²) in [4.78, 5) is 22.8. The van der Waals surface area contributed by atoms with Crippen LogP contribution in [0.25, 0.3) is 0 Å². The third kappa shape index (κ3) is 3.24. The minimum Gasteiger partial charge on any atom is -0.481 e. The Morgan fingerprint density at radius 3 is 2.33 bits per heavy atom. The van der Waals surface area contributed by atoms with E-state index in [1.165, 1.54) is 12.8 Å². The predicted molar refractivity (Wildman–Crippen MR) is 68.0 cm³/mol. The Labute approximate surface area is 108 Å². The molecule has 4 heteroatoms. The number of hydrogen-bond acceptors (Lipinski definition) is 2. The lowest BCUT2D eigenvalue weighted by molar-refractivity contribution is -0.144. The Kier molecular flexibility index (Phi) is 4.25. The van der Waals surface area contributed by atoms with Gasteiger partial charge in [-0.15, -0.1) is 0 Å². The van der Waals surface area contributed by atoms with E-state index in [1.54, 1.807) is 0 Å². The van der Waals surface area contributed by atoms with E-state index < -0.39 is 5.97 Å². The van der Waals surface area contributed by atoms with Gasteiger partial charge >= 0.3 is 5.97 Å². The molecule has 0 aromatic heterocycles. The van der Waals surface area contributed by atoms with Gasteiger partial charge in [-0.2, -0.15) is 0 Å². The summed E-state index contributed by atoms with van der Waals surface area (Å²) in [6, 6.07) is 0.398. The highest BCUT2D eigenvalue weighted by molar-refractivity contribution is 5.80. The first kappa shape index (κ1) is 13.4. The van der Waals surface area contributed by atoms with Crippen molar-refractivity contribution < 1.29 is 14.7 Å². The Balaban J connectivity index is 1.70. The summed E-state index contributed by atoms with van der Waals surface area (Å²) in [7, 11) is 0. The van der Waals surface area contributed by atoms with E-state index in [-0.39, 0.29) is 17.7 Å². The van der Waals surface area contributed by atoms with E-state index in [0.29, 0.717) is 24.8 Å². The smallest absolute Gasteiger partial charge is 0.306 e. The van der Waals surface area contributed by atoms with Gasteiger partial charge in [0.05, 0.1) is 5.92 Å². The van der Waals surface area contributed by atoms with Gasteiger partial charge in [-0.1, -0.05) is 13.3 Å². The number of hydrogen-bond donors (Lipinski definition) is 2. The van der Waals surface area contributed by atoms with E-state index in [2.05, 4.69) is 12.2 Å². The van der Waals surface area contributed by atoms with Crippen LogP contribution in [0, 0.1) is 17.8 Å². The molecule has 2 fully saturated rings. The van der Waals surface area contributed by atoms with Crippen molar-refractivity contribution in [1.82, 2.24) is 5.32 Å². The SMILES string of the molecule is CCCC1CC1NC(=O)C1CCC(C(=O)O)CC1. The first-order valence-electron chi connectivity index (χ1n) is 7.15. The van der Waals surface area contributed by atoms with Crippen LogP contribution in [0.15, 0.2) is 0 Å². The molecule has 0 heterocycles. The highest BCUT2D eigenvalue weighted by Crippen LogP contribution is 2.36. The molecule has 2 aliphatic rings. The molecule has 0 aromatic rings. The van der Waals surface area contributed by atoms with E-state index in [0.717, 1.165) is 19.3 Å². The lowest BCUT2D eigenvalue weighted by Gasteiger charge is -2.25. The Morgan fingerprint density at radius 1 is 1.17 bits per heavy atom. The van der Waals surface area contributed by atoms with Crippen molar-refractivity contribution in [1.29, 1.82) is 0 Å². The molecule has 0 spiro atoms. The zero-order valence-electron chi connectivity index (χ0n) is 11.0. The van der Waals surface area contributed by atoms with Gasteiger partial charge in [-0.25, -0.2) is 0 Å². The topological polar surface area (TPSA) is 66.4 Å². The fraction of sp³-hybridized carbons (Fsp3) is 0.857. The molecule has 2 atom stereocenters. The normalized spacial score (nSPS) is 34.9. The maximum absolute atomic E-state index is 12.0. The fourth-order valence-electron chi connectivity index (χ4n) is 3.02. The number of carbonyl (C=O) groups is 2.